The van der Waals surface area contributed by atoms with E-state index in [1.807, 2.05) is 0 Å². The Labute approximate surface area is 68.3 Å². The second-order valence-corrected chi connectivity index (χ2v) is 2.35. The van der Waals surface area contributed by atoms with Crippen LogP contribution in [0.25, 0.3) is 11.3 Å². The smallest absolute Gasteiger partial charge is 0.142 e. The third-order valence-electron chi connectivity index (χ3n) is 1.50. The van der Waals surface area contributed by atoms with Crippen molar-refractivity contribution < 1.29 is 4.39 Å². The Balaban J connectivity index is 2.48. The number of halogens is 1. The van der Waals surface area contributed by atoms with Crippen LogP contribution in [0.5, 0.6) is 0 Å². The number of pyridine rings is 1. The van der Waals surface area contributed by atoms with Crippen molar-refractivity contribution >= 4 is 0 Å². The number of hydrogen-bond acceptors (Lipinski definition) is 2. The van der Waals surface area contributed by atoms with Crippen LogP contribution in [0.15, 0.2) is 30.7 Å². The number of H-pyrrole nitrogens is 1. The van der Waals surface area contributed by atoms with Crippen LogP contribution in [-0.4, -0.2) is 15.2 Å². The van der Waals surface area contributed by atoms with Gasteiger partial charge in [-0.25, -0.2) is 4.39 Å². The molecule has 0 atom stereocenters. The summed E-state index contributed by atoms with van der Waals surface area (Å²) in [7, 11) is 0. The zero-order chi connectivity index (χ0) is 8.39. The van der Waals surface area contributed by atoms with Gasteiger partial charge in [0.1, 0.15) is 5.82 Å². The number of hydrogen-bond donors (Lipinski definition) is 1. The lowest BCUT2D eigenvalue weighted by Gasteiger charge is -1.93. The molecule has 2 heterocycles. The average Bonchev–Trinajstić information content (AvgIpc) is 2.56. The summed E-state index contributed by atoms with van der Waals surface area (Å²) in [5, 5.41) is 6.54. The highest BCUT2D eigenvalue weighted by Gasteiger charge is 2.00. The van der Waals surface area contributed by atoms with E-state index < -0.39 is 0 Å². The lowest BCUT2D eigenvalue weighted by atomic mass is 10.2. The predicted molar refractivity (Wildman–Crippen MR) is 41.8 cm³/mol. The van der Waals surface area contributed by atoms with Gasteiger partial charge >= 0.3 is 0 Å². The molecular formula is C8H6FN3. The molecule has 0 aromatic carbocycles. The van der Waals surface area contributed by atoms with Crippen LogP contribution < -0.4 is 0 Å². The topological polar surface area (TPSA) is 41.6 Å². The number of aromatic amines is 1. The Bertz CT molecular complexity index is 370. The first-order valence-corrected chi connectivity index (χ1v) is 3.47. The lowest BCUT2D eigenvalue weighted by Crippen LogP contribution is -1.82. The highest BCUT2D eigenvalue weighted by atomic mass is 19.1. The van der Waals surface area contributed by atoms with E-state index in [4.69, 9.17) is 0 Å². The predicted octanol–water partition coefficient (Wildman–Crippen LogP) is 1.61. The van der Waals surface area contributed by atoms with Crippen LogP contribution in [-0.2, 0) is 0 Å². The van der Waals surface area contributed by atoms with Crippen molar-refractivity contribution in [2.75, 3.05) is 0 Å². The van der Waals surface area contributed by atoms with Gasteiger partial charge in [0.15, 0.2) is 0 Å². The molecule has 2 aromatic rings. The molecule has 2 aromatic heterocycles. The monoisotopic (exact) mass is 163 g/mol. The lowest BCUT2D eigenvalue weighted by molar-refractivity contribution is 0.622. The fraction of sp³-hybridized carbons (Fsp3) is 0. The quantitative estimate of drug-likeness (QED) is 0.693. The minimum atomic E-state index is -0.351. The van der Waals surface area contributed by atoms with Gasteiger partial charge in [0.2, 0.25) is 0 Å². The van der Waals surface area contributed by atoms with Crippen LogP contribution in [0, 0.1) is 5.82 Å². The van der Waals surface area contributed by atoms with Crippen molar-refractivity contribution in [1.29, 1.82) is 0 Å². The molecule has 12 heavy (non-hydrogen) atoms. The van der Waals surface area contributed by atoms with E-state index in [1.165, 1.54) is 6.07 Å². The van der Waals surface area contributed by atoms with Crippen molar-refractivity contribution in [3.63, 3.8) is 0 Å². The number of nitrogens with zero attached hydrogens (tertiary/aromatic N) is 2. The Morgan fingerprint density at radius 2 is 2.25 bits per heavy atom. The van der Waals surface area contributed by atoms with Gasteiger partial charge in [0.25, 0.3) is 0 Å². The summed E-state index contributed by atoms with van der Waals surface area (Å²) in [5.74, 6) is -0.351. The maximum atomic E-state index is 12.7. The molecule has 4 heteroatoms. The first-order valence-electron chi connectivity index (χ1n) is 3.47. The van der Waals surface area contributed by atoms with Crippen molar-refractivity contribution in [1.82, 2.24) is 15.2 Å². The molecule has 0 aliphatic carbocycles. The van der Waals surface area contributed by atoms with Crippen LogP contribution in [0.2, 0.25) is 0 Å². The van der Waals surface area contributed by atoms with E-state index in [-0.39, 0.29) is 5.82 Å². The van der Waals surface area contributed by atoms with E-state index in [0.717, 1.165) is 6.20 Å². The minimum absolute atomic E-state index is 0.351. The maximum Gasteiger partial charge on any atom is 0.142 e. The van der Waals surface area contributed by atoms with E-state index in [0.29, 0.717) is 11.3 Å². The van der Waals surface area contributed by atoms with E-state index in [2.05, 4.69) is 15.2 Å². The molecule has 0 radical (unpaired) electrons. The summed E-state index contributed by atoms with van der Waals surface area (Å²) in [5.41, 5.74) is 1.37. The Kier molecular flexibility index (Phi) is 1.59. The summed E-state index contributed by atoms with van der Waals surface area (Å²) in [6.07, 6.45) is 4.41. The van der Waals surface area contributed by atoms with Gasteiger partial charge in [-0.15, -0.1) is 0 Å². The van der Waals surface area contributed by atoms with Gasteiger partial charge in [-0.1, -0.05) is 0 Å². The summed E-state index contributed by atoms with van der Waals surface area (Å²) in [6.45, 7) is 0. The molecule has 60 valence electrons. The Morgan fingerprint density at radius 3 is 2.92 bits per heavy atom. The van der Waals surface area contributed by atoms with Crippen LogP contribution in [0.4, 0.5) is 4.39 Å². The van der Waals surface area contributed by atoms with Gasteiger partial charge in [-0.3, -0.25) is 10.1 Å². The highest BCUT2D eigenvalue weighted by Crippen LogP contribution is 2.14. The van der Waals surface area contributed by atoms with Crippen molar-refractivity contribution in [3.8, 4) is 11.3 Å². The largest absolute Gasteiger partial charge is 0.285 e. The molecule has 0 saturated carbocycles. The zero-order valence-electron chi connectivity index (χ0n) is 6.16. The molecule has 1 N–H and O–H groups in total. The van der Waals surface area contributed by atoms with E-state index >= 15 is 0 Å². The SMILES string of the molecule is Fc1cncc(-c2cc[nH]n2)c1. The molecule has 0 aliphatic rings. The normalized spacial score (nSPS) is 10.1. The first kappa shape index (κ1) is 6.97. The third kappa shape index (κ3) is 1.18. The van der Waals surface area contributed by atoms with E-state index in [1.54, 1.807) is 18.5 Å². The van der Waals surface area contributed by atoms with Crippen LogP contribution in [0.1, 0.15) is 0 Å². The van der Waals surface area contributed by atoms with E-state index in [9.17, 15) is 4.39 Å². The summed E-state index contributed by atoms with van der Waals surface area (Å²) in [6, 6.07) is 3.15. The number of rotatable bonds is 1. The van der Waals surface area contributed by atoms with Crippen molar-refractivity contribution in [3.05, 3.63) is 36.5 Å². The standard InChI is InChI=1S/C8H6FN3/c9-7-3-6(4-10-5-7)8-1-2-11-12-8/h1-5H,(H,11,12). The molecule has 3 nitrogen and oxygen atoms in total. The molecular weight excluding hydrogens is 157 g/mol. The molecule has 0 saturated heterocycles. The first-order chi connectivity index (χ1) is 5.86. The van der Waals surface area contributed by atoms with Gasteiger partial charge in [-0.05, 0) is 12.1 Å². The van der Waals surface area contributed by atoms with Crippen molar-refractivity contribution in [2.24, 2.45) is 0 Å². The number of nitrogens with one attached hydrogen (secondary N) is 1. The van der Waals surface area contributed by atoms with Gasteiger partial charge < -0.3 is 0 Å². The molecule has 0 unspecified atom stereocenters. The highest BCUT2D eigenvalue weighted by molar-refractivity contribution is 5.56. The molecule has 0 amide bonds. The fourth-order valence-electron chi connectivity index (χ4n) is 0.973. The van der Waals surface area contributed by atoms with Crippen molar-refractivity contribution in [2.45, 2.75) is 0 Å². The molecule has 0 fully saturated rings. The second kappa shape index (κ2) is 2.73. The second-order valence-electron chi connectivity index (χ2n) is 2.35. The molecule has 0 bridgehead atoms. The summed E-state index contributed by atoms with van der Waals surface area (Å²) < 4.78 is 12.7. The molecule has 2 rings (SSSR count). The summed E-state index contributed by atoms with van der Waals surface area (Å²) >= 11 is 0. The van der Waals surface area contributed by atoms with Crippen LogP contribution >= 0.6 is 0 Å². The maximum absolute atomic E-state index is 12.7. The molecule has 0 spiro atoms. The minimum Gasteiger partial charge on any atom is -0.285 e. The summed E-state index contributed by atoms with van der Waals surface area (Å²) in [4.78, 5) is 3.71. The Morgan fingerprint density at radius 1 is 1.33 bits per heavy atom. The molecule has 0 aliphatic heterocycles. The van der Waals surface area contributed by atoms with Crippen LogP contribution in [0.3, 0.4) is 0 Å². The number of aromatic nitrogens is 3. The third-order valence-corrected chi connectivity index (χ3v) is 1.50. The van der Waals surface area contributed by atoms with Gasteiger partial charge in [0.05, 0.1) is 11.9 Å². The van der Waals surface area contributed by atoms with Gasteiger partial charge in [-0.2, -0.15) is 5.10 Å². The average molecular weight is 163 g/mol. The Hall–Kier alpha value is -1.71. The zero-order valence-corrected chi connectivity index (χ0v) is 6.16. The van der Waals surface area contributed by atoms with Gasteiger partial charge in [0, 0.05) is 18.0 Å². The fourth-order valence-corrected chi connectivity index (χ4v) is 0.973.